The van der Waals surface area contributed by atoms with Gasteiger partial charge in [-0.3, -0.25) is 4.90 Å². The number of aromatic nitrogens is 2. The molecule has 0 saturated carbocycles. The third-order valence-corrected chi connectivity index (χ3v) is 5.19. The minimum atomic E-state index is -0.578. The molecule has 0 saturated heterocycles. The summed E-state index contributed by atoms with van der Waals surface area (Å²) in [4.78, 5) is 2.25. The lowest BCUT2D eigenvalue weighted by molar-refractivity contribution is -0.0566. The van der Waals surface area contributed by atoms with Gasteiger partial charge in [0.05, 0.1) is 23.9 Å². The molecule has 178 valence electrons. The molecule has 2 aromatic carbocycles. The Morgan fingerprint density at radius 2 is 1.67 bits per heavy atom. The van der Waals surface area contributed by atoms with Crippen LogP contribution in [0.25, 0.3) is 11.3 Å². The minimum Gasteiger partial charge on any atom is -0.439 e. The molecule has 0 spiro atoms. The molecule has 1 heterocycles. The van der Waals surface area contributed by atoms with Crippen molar-refractivity contribution >= 4 is 0 Å². The van der Waals surface area contributed by atoms with Crippen molar-refractivity contribution in [1.82, 2.24) is 14.7 Å². The minimum absolute atomic E-state index is 0.281. The fourth-order valence-corrected chi connectivity index (χ4v) is 3.72. The summed E-state index contributed by atoms with van der Waals surface area (Å²) >= 11 is 0. The van der Waals surface area contributed by atoms with Crippen molar-refractivity contribution in [3.8, 4) is 22.9 Å². The summed E-state index contributed by atoms with van der Waals surface area (Å²) in [6.07, 6.45) is 0.397. The first-order valence-electron chi connectivity index (χ1n) is 11.7. The largest absolute Gasteiger partial charge is 0.439 e. The summed E-state index contributed by atoms with van der Waals surface area (Å²) in [6.45, 7) is 10.4. The first kappa shape index (κ1) is 25.0. The summed E-state index contributed by atoms with van der Waals surface area (Å²) < 4.78 is 13.9. The smallest absolute Gasteiger partial charge is 0.222 e. The van der Waals surface area contributed by atoms with Gasteiger partial charge in [-0.15, -0.1) is 0 Å². The maximum atomic E-state index is 10.7. The van der Waals surface area contributed by atoms with Crippen molar-refractivity contribution in [1.29, 1.82) is 0 Å². The number of hydrogen-bond acceptors (Lipinski definition) is 5. The van der Waals surface area contributed by atoms with Crippen LogP contribution in [-0.2, 0) is 18.3 Å². The van der Waals surface area contributed by atoms with E-state index in [4.69, 9.17) is 14.6 Å². The van der Waals surface area contributed by atoms with Crippen LogP contribution in [0.3, 0.4) is 0 Å². The lowest BCUT2D eigenvalue weighted by atomic mass is 10.1. The second kappa shape index (κ2) is 11.5. The molecule has 0 radical (unpaired) electrons. The number of aliphatic hydroxyl groups excluding tert-OH is 1. The maximum absolute atomic E-state index is 10.7. The maximum Gasteiger partial charge on any atom is 0.222 e. The van der Waals surface area contributed by atoms with E-state index >= 15 is 0 Å². The molecule has 6 heteroatoms. The average Bonchev–Trinajstić information content (AvgIpc) is 3.08. The van der Waals surface area contributed by atoms with E-state index in [1.54, 1.807) is 4.68 Å². The Bertz CT molecular complexity index is 981. The molecule has 1 N–H and O–H groups in total. The van der Waals surface area contributed by atoms with Crippen LogP contribution in [0.2, 0.25) is 0 Å². The number of benzene rings is 2. The Morgan fingerprint density at radius 1 is 1.03 bits per heavy atom. The molecule has 3 aromatic rings. The first-order chi connectivity index (χ1) is 15.8. The fraction of sp³-hybridized carbons (Fsp3) is 0.444. The van der Waals surface area contributed by atoms with Crippen LogP contribution in [0.1, 0.15) is 39.7 Å². The summed E-state index contributed by atoms with van der Waals surface area (Å²) in [6, 6.07) is 19.9. The first-order valence-corrected chi connectivity index (χ1v) is 11.7. The van der Waals surface area contributed by atoms with Crippen LogP contribution >= 0.6 is 0 Å². The predicted molar refractivity (Wildman–Crippen MR) is 132 cm³/mol. The van der Waals surface area contributed by atoms with E-state index in [9.17, 15) is 5.11 Å². The normalized spacial score (nSPS) is 12.8. The Labute approximate surface area is 197 Å². The molecule has 33 heavy (non-hydrogen) atoms. The topological polar surface area (TPSA) is 59.8 Å². The van der Waals surface area contributed by atoms with Gasteiger partial charge in [0.15, 0.2) is 0 Å². The van der Waals surface area contributed by atoms with E-state index in [-0.39, 0.29) is 5.60 Å². The number of hydrogen-bond donors (Lipinski definition) is 1. The number of ether oxygens (including phenoxy) is 2. The van der Waals surface area contributed by atoms with E-state index in [1.807, 2.05) is 76.3 Å². The molecule has 1 aromatic heterocycles. The fourth-order valence-electron chi connectivity index (χ4n) is 3.72. The summed E-state index contributed by atoms with van der Waals surface area (Å²) in [7, 11) is 1.91. The van der Waals surface area contributed by atoms with Crippen LogP contribution < -0.4 is 4.74 Å². The molecule has 3 rings (SSSR count). The molecule has 1 atom stereocenters. The molecular weight excluding hydrogens is 414 g/mol. The van der Waals surface area contributed by atoms with Crippen molar-refractivity contribution in [3.63, 3.8) is 0 Å². The van der Waals surface area contributed by atoms with Gasteiger partial charge in [0.1, 0.15) is 11.4 Å². The van der Waals surface area contributed by atoms with Crippen LogP contribution in [0.15, 0.2) is 60.7 Å². The number of para-hydroxylation sites is 1. The van der Waals surface area contributed by atoms with Gasteiger partial charge in [-0.05, 0) is 45.9 Å². The Balaban J connectivity index is 1.90. The summed E-state index contributed by atoms with van der Waals surface area (Å²) in [5, 5.41) is 15.5. The zero-order chi connectivity index (χ0) is 23.8. The quantitative estimate of drug-likeness (QED) is 0.430. The lowest BCUT2D eigenvalue weighted by Crippen LogP contribution is -2.37. The van der Waals surface area contributed by atoms with Gasteiger partial charge in [-0.25, -0.2) is 4.68 Å². The zero-order valence-electron chi connectivity index (χ0n) is 20.5. The van der Waals surface area contributed by atoms with E-state index in [2.05, 4.69) is 24.0 Å². The van der Waals surface area contributed by atoms with Crippen molar-refractivity contribution in [2.75, 3.05) is 19.7 Å². The van der Waals surface area contributed by atoms with Crippen molar-refractivity contribution in [3.05, 3.63) is 66.2 Å². The van der Waals surface area contributed by atoms with Gasteiger partial charge in [-0.1, -0.05) is 55.5 Å². The Hall–Kier alpha value is -2.67. The van der Waals surface area contributed by atoms with E-state index in [1.165, 1.54) is 0 Å². The molecule has 0 bridgehead atoms. The second-order valence-corrected chi connectivity index (χ2v) is 9.35. The summed E-state index contributed by atoms with van der Waals surface area (Å²) in [5.41, 5.74) is 2.66. The van der Waals surface area contributed by atoms with Gasteiger partial charge in [-0.2, -0.15) is 5.10 Å². The zero-order valence-corrected chi connectivity index (χ0v) is 20.5. The predicted octanol–water partition coefficient (Wildman–Crippen LogP) is 5.27. The van der Waals surface area contributed by atoms with Crippen molar-refractivity contribution in [2.45, 2.75) is 52.4 Å². The number of rotatable bonds is 11. The molecule has 0 aliphatic rings. The van der Waals surface area contributed by atoms with Crippen molar-refractivity contribution in [2.24, 2.45) is 7.05 Å². The number of nitrogens with zero attached hydrogens (tertiary/aromatic N) is 3. The Morgan fingerprint density at radius 3 is 2.27 bits per heavy atom. The number of aliphatic hydroxyl groups is 1. The number of aryl methyl sites for hydroxylation is 1. The highest BCUT2D eigenvalue weighted by Gasteiger charge is 2.23. The molecule has 0 amide bonds. The molecular formula is C27H37N3O3. The monoisotopic (exact) mass is 451 g/mol. The highest BCUT2D eigenvalue weighted by atomic mass is 16.5. The van der Waals surface area contributed by atoms with Gasteiger partial charge in [0, 0.05) is 25.7 Å². The molecule has 0 unspecified atom stereocenters. The van der Waals surface area contributed by atoms with Crippen LogP contribution in [0, 0.1) is 0 Å². The molecule has 0 aliphatic heterocycles. The average molecular weight is 452 g/mol. The molecule has 0 fully saturated rings. The van der Waals surface area contributed by atoms with Gasteiger partial charge in [0.25, 0.3) is 0 Å². The third-order valence-electron chi connectivity index (χ3n) is 5.19. The SMILES string of the molecule is CCCN(Cc1c(-c2ccccc2)nn(C)c1Oc1ccccc1)C[C@H](O)COC(C)(C)C. The van der Waals surface area contributed by atoms with Crippen molar-refractivity contribution < 1.29 is 14.6 Å². The van der Waals surface area contributed by atoms with E-state index in [0.29, 0.717) is 25.6 Å². The van der Waals surface area contributed by atoms with Crippen LogP contribution in [0.4, 0.5) is 0 Å². The highest BCUT2D eigenvalue weighted by Crippen LogP contribution is 2.34. The second-order valence-electron chi connectivity index (χ2n) is 9.35. The molecule has 0 aliphatic carbocycles. The Kier molecular flexibility index (Phi) is 8.67. The lowest BCUT2D eigenvalue weighted by Gasteiger charge is -2.27. The van der Waals surface area contributed by atoms with E-state index in [0.717, 1.165) is 35.5 Å². The van der Waals surface area contributed by atoms with Gasteiger partial charge in [0.2, 0.25) is 5.88 Å². The van der Waals surface area contributed by atoms with E-state index < -0.39 is 6.10 Å². The van der Waals surface area contributed by atoms with Gasteiger partial charge < -0.3 is 14.6 Å². The summed E-state index contributed by atoms with van der Waals surface area (Å²) in [5.74, 6) is 1.48. The highest BCUT2D eigenvalue weighted by molar-refractivity contribution is 5.65. The molecule has 6 nitrogen and oxygen atoms in total. The third kappa shape index (κ3) is 7.42. The standard InChI is InChI=1S/C27H37N3O3/c1-6-17-30(18-22(31)20-32-27(2,3)4)19-24-25(21-13-9-7-10-14-21)28-29(5)26(24)33-23-15-11-8-12-16-23/h7-16,22,31H,6,17-20H2,1-5H3/t22-/m0/s1. The van der Waals surface area contributed by atoms with Gasteiger partial charge >= 0.3 is 0 Å². The van der Waals surface area contributed by atoms with Crippen LogP contribution in [0.5, 0.6) is 11.6 Å². The van der Waals surface area contributed by atoms with Crippen LogP contribution in [-0.4, -0.2) is 51.2 Å².